The molecule has 1 aliphatic heterocycles. The van der Waals surface area contributed by atoms with Crippen molar-refractivity contribution in [2.24, 2.45) is 4.99 Å². The van der Waals surface area contributed by atoms with Crippen LogP contribution in [-0.2, 0) is 9.53 Å². The van der Waals surface area contributed by atoms with Crippen LogP contribution < -0.4 is 4.90 Å². The zero-order valence-electron chi connectivity index (χ0n) is 17.4. The van der Waals surface area contributed by atoms with Gasteiger partial charge in [0.15, 0.2) is 0 Å². The molecule has 1 atom stereocenters. The van der Waals surface area contributed by atoms with Crippen molar-refractivity contribution in [2.75, 3.05) is 11.5 Å². The van der Waals surface area contributed by atoms with E-state index in [-0.39, 0.29) is 6.04 Å². The minimum Gasteiger partial charge on any atom is -0.462 e. The molecule has 2 aromatic rings. The summed E-state index contributed by atoms with van der Waals surface area (Å²) in [5.41, 5.74) is 1.86. The topological polar surface area (TPSA) is 41.9 Å². The molecule has 154 valence electrons. The first kappa shape index (κ1) is 21.1. The first-order valence-electron chi connectivity index (χ1n) is 10.9. The average Bonchev–Trinajstić information content (AvgIpc) is 3.13. The molecular formula is C25H32N2O2. The Morgan fingerprint density at radius 2 is 1.62 bits per heavy atom. The largest absolute Gasteiger partial charge is 0.462 e. The van der Waals surface area contributed by atoms with E-state index < -0.39 is 0 Å². The molecule has 4 heteroatoms. The second kappa shape index (κ2) is 11.4. The number of anilines is 1. The number of carbonyl (C=O) groups is 1. The van der Waals surface area contributed by atoms with Crippen molar-refractivity contribution in [3.63, 3.8) is 0 Å². The average molecular weight is 393 g/mol. The highest BCUT2D eigenvalue weighted by Gasteiger charge is 2.34. The van der Waals surface area contributed by atoms with Gasteiger partial charge in [-0.1, -0.05) is 75.4 Å². The van der Waals surface area contributed by atoms with E-state index >= 15 is 0 Å². The van der Waals surface area contributed by atoms with Crippen LogP contribution in [-0.4, -0.2) is 24.5 Å². The molecule has 1 aliphatic rings. The van der Waals surface area contributed by atoms with Gasteiger partial charge in [-0.25, -0.2) is 0 Å². The fourth-order valence-corrected chi connectivity index (χ4v) is 3.70. The highest BCUT2D eigenvalue weighted by molar-refractivity contribution is 5.96. The molecule has 0 aromatic heterocycles. The summed E-state index contributed by atoms with van der Waals surface area (Å²) >= 11 is 0. The fourth-order valence-electron chi connectivity index (χ4n) is 3.70. The summed E-state index contributed by atoms with van der Waals surface area (Å²) in [5, 5.41) is 0. The van der Waals surface area contributed by atoms with Gasteiger partial charge in [0.05, 0.1) is 11.7 Å². The summed E-state index contributed by atoms with van der Waals surface area (Å²) < 4.78 is 5.93. The van der Waals surface area contributed by atoms with Crippen molar-refractivity contribution < 1.29 is 9.53 Å². The highest BCUT2D eigenvalue weighted by Crippen LogP contribution is 2.27. The number of ether oxygens (including phenoxy) is 1. The van der Waals surface area contributed by atoms with Gasteiger partial charge in [0.1, 0.15) is 12.4 Å². The van der Waals surface area contributed by atoms with Crippen molar-refractivity contribution >= 4 is 23.2 Å². The van der Waals surface area contributed by atoms with Crippen LogP contribution in [0.2, 0.25) is 0 Å². The molecule has 0 amide bonds. The molecule has 0 radical (unpaired) electrons. The number of unbranched alkanes of at least 4 members (excludes halogenated alkanes) is 5. The zero-order chi connectivity index (χ0) is 20.3. The van der Waals surface area contributed by atoms with Gasteiger partial charge in [-0.2, -0.15) is 4.99 Å². The van der Waals surface area contributed by atoms with Gasteiger partial charge in [-0.05, 0) is 30.7 Å². The van der Waals surface area contributed by atoms with Crippen LogP contribution in [0.25, 0.3) is 0 Å². The van der Waals surface area contributed by atoms with E-state index in [1.807, 2.05) is 60.7 Å². The van der Waals surface area contributed by atoms with Crippen LogP contribution in [0.15, 0.2) is 65.7 Å². The van der Waals surface area contributed by atoms with Gasteiger partial charge >= 0.3 is 0 Å². The number of hydrogen-bond donors (Lipinski definition) is 0. The van der Waals surface area contributed by atoms with Gasteiger partial charge < -0.3 is 4.74 Å². The molecule has 0 saturated carbocycles. The Morgan fingerprint density at radius 1 is 0.966 bits per heavy atom. The Balaban J connectivity index is 1.63. The minimum atomic E-state index is -0.00699. The summed E-state index contributed by atoms with van der Waals surface area (Å²) in [6.45, 7) is 2.71. The molecule has 1 heterocycles. The molecular weight excluding hydrogens is 360 g/mol. The Labute approximate surface area is 174 Å². The molecule has 0 N–H and O–H groups in total. The van der Waals surface area contributed by atoms with E-state index in [0.29, 0.717) is 31.3 Å². The SMILES string of the molecule is CCCCCCCCC(=O)CC1COC(=Nc2ccccc2)N1c1ccccc1. The summed E-state index contributed by atoms with van der Waals surface area (Å²) in [6, 6.07) is 20.4. The maximum absolute atomic E-state index is 12.6. The Bertz CT molecular complexity index is 774. The highest BCUT2D eigenvalue weighted by atomic mass is 16.5. The standard InChI is InChI=1S/C25H32N2O2/c1-2-3-4-5-6-13-18-24(28)19-23-20-29-25(26-21-14-9-7-10-15-21)27(23)22-16-11-8-12-17-22/h7-12,14-17,23H,2-6,13,18-20H2,1H3. The monoisotopic (exact) mass is 392 g/mol. The van der Waals surface area contributed by atoms with Gasteiger partial charge in [0.25, 0.3) is 6.02 Å². The molecule has 4 nitrogen and oxygen atoms in total. The summed E-state index contributed by atoms with van der Waals surface area (Å²) in [4.78, 5) is 19.4. The summed E-state index contributed by atoms with van der Waals surface area (Å²) in [6.07, 6.45) is 8.36. The number of amidine groups is 1. The summed E-state index contributed by atoms with van der Waals surface area (Å²) in [5.74, 6) is 0.316. The van der Waals surface area contributed by atoms with Crippen LogP contribution in [0.3, 0.4) is 0 Å². The van der Waals surface area contributed by atoms with Gasteiger partial charge in [0.2, 0.25) is 0 Å². The molecule has 1 unspecified atom stereocenters. The predicted molar refractivity (Wildman–Crippen MR) is 120 cm³/mol. The molecule has 1 fully saturated rings. The van der Waals surface area contributed by atoms with E-state index in [4.69, 9.17) is 4.74 Å². The van der Waals surface area contributed by atoms with E-state index in [2.05, 4.69) is 16.8 Å². The molecule has 0 aliphatic carbocycles. The molecule has 0 spiro atoms. The van der Waals surface area contributed by atoms with Crippen molar-refractivity contribution in [2.45, 2.75) is 64.3 Å². The Morgan fingerprint density at radius 3 is 2.34 bits per heavy atom. The maximum atomic E-state index is 12.6. The Hall–Kier alpha value is -2.62. The lowest BCUT2D eigenvalue weighted by Crippen LogP contribution is -2.35. The molecule has 2 aromatic carbocycles. The number of carbonyl (C=O) groups excluding carboxylic acids is 1. The maximum Gasteiger partial charge on any atom is 0.297 e. The number of nitrogens with zero attached hydrogens (tertiary/aromatic N) is 2. The van der Waals surface area contributed by atoms with Crippen LogP contribution in [0.1, 0.15) is 58.3 Å². The fraction of sp³-hybridized carbons (Fsp3) is 0.440. The van der Waals surface area contributed by atoms with Gasteiger partial charge in [-0.3, -0.25) is 9.69 Å². The molecule has 1 saturated heterocycles. The third-order valence-electron chi connectivity index (χ3n) is 5.26. The van der Waals surface area contributed by atoms with Crippen LogP contribution in [0.5, 0.6) is 0 Å². The molecule has 3 rings (SSSR count). The van der Waals surface area contributed by atoms with E-state index in [1.165, 1.54) is 25.7 Å². The first-order valence-corrected chi connectivity index (χ1v) is 10.9. The Kier molecular flexibility index (Phi) is 8.29. The number of ketones is 1. The van der Waals surface area contributed by atoms with E-state index in [9.17, 15) is 4.79 Å². The van der Waals surface area contributed by atoms with Crippen LogP contribution in [0.4, 0.5) is 11.4 Å². The first-order chi connectivity index (χ1) is 14.3. The number of aliphatic imine (C=N–C) groups is 1. The summed E-state index contributed by atoms with van der Waals surface area (Å²) in [7, 11) is 0. The lowest BCUT2D eigenvalue weighted by molar-refractivity contribution is -0.119. The third-order valence-corrected chi connectivity index (χ3v) is 5.26. The molecule has 0 bridgehead atoms. The smallest absolute Gasteiger partial charge is 0.297 e. The van der Waals surface area contributed by atoms with E-state index in [1.54, 1.807) is 0 Å². The van der Waals surface area contributed by atoms with Crippen molar-refractivity contribution in [3.8, 4) is 0 Å². The van der Waals surface area contributed by atoms with Crippen molar-refractivity contribution in [1.82, 2.24) is 0 Å². The number of hydrogen-bond acceptors (Lipinski definition) is 3. The predicted octanol–water partition coefficient (Wildman–Crippen LogP) is 6.29. The van der Waals surface area contributed by atoms with Gasteiger partial charge in [-0.15, -0.1) is 0 Å². The van der Waals surface area contributed by atoms with Crippen molar-refractivity contribution in [1.29, 1.82) is 0 Å². The quantitative estimate of drug-likeness (QED) is 0.422. The lowest BCUT2D eigenvalue weighted by Gasteiger charge is -2.23. The van der Waals surface area contributed by atoms with Crippen LogP contribution in [0, 0.1) is 0 Å². The number of rotatable bonds is 11. The van der Waals surface area contributed by atoms with Crippen LogP contribution >= 0.6 is 0 Å². The van der Waals surface area contributed by atoms with E-state index in [0.717, 1.165) is 24.2 Å². The third kappa shape index (κ3) is 6.45. The molecule has 29 heavy (non-hydrogen) atoms. The number of para-hydroxylation sites is 2. The second-order valence-electron chi connectivity index (χ2n) is 7.66. The second-order valence-corrected chi connectivity index (χ2v) is 7.66. The van der Waals surface area contributed by atoms with Crippen molar-refractivity contribution in [3.05, 3.63) is 60.7 Å². The zero-order valence-corrected chi connectivity index (χ0v) is 17.4. The number of benzene rings is 2. The van der Waals surface area contributed by atoms with Gasteiger partial charge in [0, 0.05) is 18.5 Å². The lowest BCUT2D eigenvalue weighted by atomic mass is 10.0. The normalized spacial score (nSPS) is 17.5. The number of Topliss-reactive ketones (excluding diaryl/α,β-unsaturated/α-hetero) is 1. The minimum absolute atomic E-state index is 0.00699.